The van der Waals surface area contributed by atoms with Gasteiger partial charge in [0.05, 0.1) is 11.9 Å². The molecule has 106 valence electrons. The summed E-state index contributed by atoms with van der Waals surface area (Å²) in [6.07, 6.45) is 5.61. The standard InChI is InChI=1S/C14H20O5/c15-6-5-10-11-7-9(3-1-2-4-14(17)18)19-13(11)8-12(10)16/h3,6,10-13,16H,1-2,4-5,7-8H2,(H,17,18)/t10-,11-,12-,13+/m1/s1. The first-order valence-corrected chi connectivity index (χ1v) is 6.81. The summed E-state index contributed by atoms with van der Waals surface area (Å²) >= 11 is 0. The maximum absolute atomic E-state index is 10.6. The lowest BCUT2D eigenvalue weighted by molar-refractivity contribution is -0.137. The smallest absolute Gasteiger partial charge is 0.303 e. The second-order valence-corrected chi connectivity index (χ2v) is 5.35. The number of hydrogen-bond acceptors (Lipinski definition) is 4. The summed E-state index contributed by atoms with van der Waals surface area (Å²) in [5.74, 6) is 0.346. The van der Waals surface area contributed by atoms with Crippen molar-refractivity contribution in [2.75, 3.05) is 0 Å². The highest BCUT2D eigenvalue weighted by molar-refractivity contribution is 5.66. The third kappa shape index (κ3) is 3.35. The van der Waals surface area contributed by atoms with Gasteiger partial charge in [0.25, 0.3) is 0 Å². The minimum atomic E-state index is -0.781. The van der Waals surface area contributed by atoms with Crippen molar-refractivity contribution in [3.8, 4) is 0 Å². The van der Waals surface area contributed by atoms with Gasteiger partial charge in [-0.05, 0) is 24.8 Å². The summed E-state index contributed by atoms with van der Waals surface area (Å²) in [5, 5.41) is 18.4. The van der Waals surface area contributed by atoms with Crippen LogP contribution in [-0.4, -0.2) is 34.7 Å². The van der Waals surface area contributed by atoms with Crippen LogP contribution in [0.2, 0.25) is 0 Å². The molecule has 1 saturated heterocycles. The molecule has 5 heteroatoms. The molecule has 0 aromatic rings. The summed E-state index contributed by atoms with van der Waals surface area (Å²) in [5.41, 5.74) is 0. The highest BCUT2D eigenvalue weighted by Crippen LogP contribution is 2.45. The van der Waals surface area contributed by atoms with Gasteiger partial charge in [-0.3, -0.25) is 4.79 Å². The highest BCUT2D eigenvalue weighted by Gasteiger charge is 2.47. The first-order valence-electron chi connectivity index (χ1n) is 6.81. The van der Waals surface area contributed by atoms with Crippen molar-refractivity contribution in [3.05, 3.63) is 11.8 Å². The Bertz CT molecular complexity index is 376. The van der Waals surface area contributed by atoms with Crippen LogP contribution in [-0.2, 0) is 14.3 Å². The minimum Gasteiger partial charge on any atom is -0.495 e. The molecule has 0 amide bonds. The quantitative estimate of drug-likeness (QED) is 0.563. The van der Waals surface area contributed by atoms with Gasteiger partial charge in [0, 0.05) is 31.6 Å². The molecule has 0 bridgehead atoms. The Morgan fingerprint density at radius 3 is 2.95 bits per heavy atom. The van der Waals surface area contributed by atoms with E-state index in [2.05, 4.69) is 0 Å². The van der Waals surface area contributed by atoms with Crippen LogP contribution in [0.15, 0.2) is 11.8 Å². The van der Waals surface area contributed by atoms with Crippen molar-refractivity contribution in [1.29, 1.82) is 0 Å². The van der Waals surface area contributed by atoms with Gasteiger partial charge in [-0.25, -0.2) is 0 Å². The van der Waals surface area contributed by atoms with E-state index in [1.165, 1.54) is 0 Å². The Labute approximate surface area is 112 Å². The Morgan fingerprint density at radius 2 is 2.26 bits per heavy atom. The van der Waals surface area contributed by atoms with Crippen LogP contribution in [0.4, 0.5) is 0 Å². The largest absolute Gasteiger partial charge is 0.495 e. The number of aldehydes is 1. The topological polar surface area (TPSA) is 83.8 Å². The molecule has 2 N–H and O–H groups in total. The molecule has 1 saturated carbocycles. The van der Waals surface area contributed by atoms with Crippen LogP contribution < -0.4 is 0 Å². The summed E-state index contributed by atoms with van der Waals surface area (Å²) in [6.45, 7) is 0. The molecule has 5 nitrogen and oxygen atoms in total. The lowest BCUT2D eigenvalue weighted by Crippen LogP contribution is -2.19. The molecule has 0 radical (unpaired) electrons. The van der Waals surface area contributed by atoms with Gasteiger partial charge in [-0.15, -0.1) is 0 Å². The molecule has 4 atom stereocenters. The first-order chi connectivity index (χ1) is 9.11. The van der Waals surface area contributed by atoms with E-state index >= 15 is 0 Å². The second kappa shape index (κ2) is 6.19. The van der Waals surface area contributed by atoms with Crippen molar-refractivity contribution in [1.82, 2.24) is 0 Å². The SMILES string of the molecule is O=CC[C@@H]1[C@H]2CC(=CCCCC(=O)O)O[C@H]2C[C@H]1O. The van der Waals surface area contributed by atoms with Gasteiger partial charge in [0.1, 0.15) is 12.4 Å². The summed E-state index contributed by atoms with van der Waals surface area (Å²) < 4.78 is 5.78. The lowest BCUT2D eigenvalue weighted by Gasteiger charge is -2.15. The van der Waals surface area contributed by atoms with E-state index in [0.717, 1.165) is 18.5 Å². The highest BCUT2D eigenvalue weighted by atomic mass is 16.5. The second-order valence-electron chi connectivity index (χ2n) is 5.35. The number of carbonyl (C=O) groups excluding carboxylic acids is 1. The van der Waals surface area contributed by atoms with Crippen LogP contribution in [0.25, 0.3) is 0 Å². The molecule has 1 aliphatic heterocycles. The zero-order valence-electron chi connectivity index (χ0n) is 10.8. The van der Waals surface area contributed by atoms with Crippen molar-refractivity contribution >= 4 is 12.3 Å². The minimum absolute atomic E-state index is 0.00687. The van der Waals surface area contributed by atoms with Gasteiger partial charge in [-0.1, -0.05) is 0 Å². The molecule has 0 spiro atoms. The summed E-state index contributed by atoms with van der Waals surface area (Å²) in [4.78, 5) is 21.0. The Morgan fingerprint density at radius 1 is 1.47 bits per heavy atom. The molecule has 0 aromatic carbocycles. The average molecular weight is 268 g/mol. The van der Waals surface area contributed by atoms with Crippen molar-refractivity contribution in [3.63, 3.8) is 0 Å². The lowest BCUT2D eigenvalue weighted by atomic mass is 9.89. The number of allylic oxidation sites excluding steroid dienone is 2. The molecule has 2 fully saturated rings. The predicted molar refractivity (Wildman–Crippen MR) is 67.3 cm³/mol. The molecular weight excluding hydrogens is 248 g/mol. The normalized spacial score (nSPS) is 35.1. The molecule has 2 rings (SSSR count). The van der Waals surface area contributed by atoms with Gasteiger partial charge in [-0.2, -0.15) is 0 Å². The van der Waals surface area contributed by atoms with Crippen LogP contribution in [0, 0.1) is 11.8 Å². The maximum atomic E-state index is 10.6. The monoisotopic (exact) mass is 268 g/mol. The van der Waals surface area contributed by atoms with E-state index in [1.807, 2.05) is 6.08 Å². The van der Waals surface area contributed by atoms with Gasteiger partial charge < -0.3 is 19.7 Å². The van der Waals surface area contributed by atoms with Crippen molar-refractivity contribution < 1.29 is 24.5 Å². The fourth-order valence-electron chi connectivity index (χ4n) is 3.13. The van der Waals surface area contributed by atoms with Gasteiger partial charge >= 0.3 is 5.97 Å². The van der Waals surface area contributed by atoms with E-state index in [0.29, 0.717) is 25.7 Å². The zero-order chi connectivity index (χ0) is 13.8. The predicted octanol–water partition coefficient (Wildman–Crippen LogP) is 1.50. The van der Waals surface area contributed by atoms with Crippen molar-refractivity contribution in [2.45, 2.75) is 50.7 Å². The number of fused-ring (bicyclic) bond motifs is 1. The number of hydrogen-bond donors (Lipinski definition) is 2. The van der Waals surface area contributed by atoms with E-state index in [1.54, 1.807) is 0 Å². The fourth-order valence-corrected chi connectivity index (χ4v) is 3.13. The van der Waals surface area contributed by atoms with Crippen molar-refractivity contribution in [2.24, 2.45) is 11.8 Å². The molecule has 0 unspecified atom stereocenters. The number of unbranched alkanes of at least 4 members (excludes halogenated alkanes) is 1. The molecule has 0 aromatic heterocycles. The first kappa shape index (κ1) is 14.1. The van der Waals surface area contributed by atoms with E-state index in [4.69, 9.17) is 9.84 Å². The number of rotatable bonds is 6. The van der Waals surface area contributed by atoms with Gasteiger partial charge in [0.15, 0.2) is 0 Å². The van der Waals surface area contributed by atoms with Crippen LogP contribution >= 0.6 is 0 Å². The number of ether oxygens (including phenoxy) is 1. The number of aliphatic carboxylic acids is 1. The maximum Gasteiger partial charge on any atom is 0.303 e. The zero-order valence-corrected chi connectivity index (χ0v) is 10.8. The summed E-state index contributed by atoms with van der Waals surface area (Å²) in [7, 11) is 0. The Hall–Kier alpha value is -1.36. The number of carboxylic acids is 1. The molecule has 19 heavy (non-hydrogen) atoms. The average Bonchev–Trinajstić information content (AvgIpc) is 2.85. The Kier molecular flexibility index (Phi) is 4.58. The summed E-state index contributed by atoms with van der Waals surface area (Å²) in [6, 6.07) is 0. The molecule has 1 aliphatic carbocycles. The fraction of sp³-hybridized carbons (Fsp3) is 0.714. The molecule has 1 heterocycles. The van der Waals surface area contributed by atoms with Crippen LogP contribution in [0.5, 0.6) is 0 Å². The third-order valence-corrected chi connectivity index (χ3v) is 4.07. The van der Waals surface area contributed by atoms with Gasteiger partial charge in [0.2, 0.25) is 0 Å². The molecular formula is C14H20O5. The Balaban J connectivity index is 1.84. The number of carboxylic acid groups (broad SMARTS) is 1. The van der Waals surface area contributed by atoms with E-state index < -0.39 is 12.1 Å². The van der Waals surface area contributed by atoms with Crippen LogP contribution in [0.1, 0.15) is 38.5 Å². The van der Waals surface area contributed by atoms with E-state index in [-0.39, 0.29) is 24.4 Å². The number of carbonyl (C=O) groups is 2. The third-order valence-electron chi connectivity index (χ3n) is 4.07. The molecule has 2 aliphatic rings. The van der Waals surface area contributed by atoms with E-state index in [9.17, 15) is 14.7 Å². The number of aliphatic hydroxyl groups is 1. The van der Waals surface area contributed by atoms with Crippen LogP contribution in [0.3, 0.4) is 0 Å². The number of aliphatic hydroxyl groups excluding tert-OH is 1.